The molecule has 0 radical (unpaired) electrons. The molecule has 1 aromatic rings. The van der Waals surface area contributed by atoms with E-state index in [0.29, 0.717) is 11.3 Å². The number of benzene rings is 1. The van der Waals surface area contributed by atoms with Crippen molar-refractivity contribution < 1.29 is 18.7 Å². The zero-order chi connectivity index (χ0) is 14.4. The lowest BCUT2D eigenvalue weighted by Gasteiger charge is -2.11. The lowest BCUT2D eigenvalue weighted by atomic mass is 10.2. The van der Waals surface area contributed by atoms with E-state index in [1.54, 1.807) is 26.0 Å². The van der Waals surface area contributed by atoms with Crippen molar-refractivity contribution in [2.24, 2.45) is 0 Å². The average Bonchev–Trinajstić information content (AvgIpc) is 2.39. The van der Waals surface area contributed by atoms with Crippen LogP contribution < -0.4 is 5.32 Å². The quantitative estimate of drug-likeness (QED) is 0.844. The second-order valence-electron chi connectivity index (χ2n) is 3.98. The topological polar surface area (TPSA) is 55.4 Å². The van der Waals surface area contributed by atoms with Gasteiger partial charge in [0.25, 0.3) is 0 Å². The van der Waals surface area contributed by atoms with E-state index in [1.807, 2.05) is 0 Å². The first-order chi connectivity index (χ1) is 8.93. The summed E-state index contributed by atoms with van der Waals surface area (Å²) in [7, 11) is 1.29. The van der Waals surface area contributed by atoms with E-state index in [1.165, 1.54) is 13.2 Å². The number of hydrogen-bond acceptors (Lipinski definition) is 4. The number of halogens is 1. The monoisotopic (exact) mass is 285 g/mol. The summed E-state index contributed by atoms with van der Waals surface area (Å²) in [6.45, 7) is 3.32. The number of carbonyl (C=O) groups excluding carboxylic acids is 2. The molecule has 0 saturated heterocycles. The highest BCUT2D eigenvalue weighted by Gasteiger charge is 2.15. The Morgan fingerprint density at radius 1 is 1.47 bits per heavy atom. The van der Waals surface area contributed by atoms with Gasteiger partial charge in [0.1, 0.15) is 5.82 Å². The summed E-state index contributed by atoms with van der Waals surface area (Å²) in [6.07, 6.45) is 0. The van der Waals surface area contributed by atoms with Gasteiger partial charge in [-0.3, -0.25) is 9.59 Å². The minimum absolute atomic E-state index is 0.105. The number of thioether (sulfide) groups is 1. The van der Waals surface area contributed by atoms with Crippen LogP contribution in [0.2, 0.25) is 0 Å². The Morgan fingerprint density at radius 2 is 2.16 bits per heavy atom. The van der Waals surface area contributed by atoms with Crippen LogP contribution in [0.15, 0.2) is 18.2 Å². The number of amides is 1. The number of carbonyl (C=O) groups is 2. The lowest BCUT2D eigenvalue weighted by molar-refractivity contribution is -0.137. The highest BCUT2D eigenvalue weighted by molar-refractivity contribution is 8.01. The molecule has 0 aliphatic rings. The Morgan fingerprint density at radius 3 is 2.74 bits per heavy atom. The van der Waals surface area contributed by atoms with Crippen molar-refractivity contribution in [1.29, 1.82) is 0 Å². The molecule has 19 heavy (non-hydrogen) atoms. The highest BCUT2D eigenvalue weighted by Crippen LogP contribution is 2.16. The fourth-order valence-corrected chi connectivity index (χ4v) is 1.96. The second kappa shape index (κ2) is 7.13. The summed E-state index contributed by atoms with van der Waals surface area (Å²) >= 11 is 1.16. The van der Waals surface area contributed by atoms with Gasteiger partial charge in [-0.25, -0.2) is 4.39 Å². The minimum atomic E-state index is -0.427. The third kappa shape index (κ3) is 4.90. The van der Waals surface area contributed by atoms with E-state index in [2.05, 4.69) is 10.1 Å². The maximum absolute atomic E-state index is 13.3. The summed E-state index contributed by atoms with van der Waals surface area (Å²) < 4.78 is 17.8. The van der Waals surface area contributed by atoms with Gasteiger partial charge < -0.3 is 10.1 Å². The van der Waals surface area contributed by atoms with Gasteiger partial charge in [0, 0.05) is 5.69 Å². The number of hydrogen-bond donors (Lipinski definition) is 1. The van der Waals surface area contributed by atoms with Gasteiger partial charge in [-0.15, -0.1) is 11.8 Å². The van der Waals surface area contributed by atoms with Crippen molar-refractivity contribution in [2.45, 2.75) is 19.1 Å². The van der Waals surface area contributed by atoms with E-state index >= 15 is 0 Å². The molecule has 0 aromatic heterocycles. The minimum Gasteiger partial charge on any atom is -0.468 e. The molecule has 4 nitrogen and oxygen atoms in total. The lowest BCUT2D eigenvalue weighted by Crippen LogP contribution is -2.24. The third-order valence-corrected chi connectivity index (χ3v) is 3.60. The fraction of sp³-hybridized carbons (Fsp3) is 0.385. The molecule has 0 bridgehead atoms. The zero-order valence-electron chi connectivity index (χ0n) is 11.0. The predicted octanol–water partition coefficient (Wildman–Crippen LogP) is 2.37. The van der Waals surface area contributed by atoms with Crippen LogP contribution in [0.25, 0.3) is 0 Å². The van der Waals surface area contributed by atoms with Crippen molar-refractivity contribution in [3.8, 4) is 0 Å². The smallest absolute Gasteiger partial charge is 0.315 e. The van der Waals surface area contributed by atoms with Gasteiger partial charge in [0.15, 0.2) is 0 Å². The molecule has 0 fully saturated rings. The van der Waals surface area contributed by atoms with Crippen LogP contribution in [0, 0.1) is 12.7 Å². The van der Waals surface area contributed by atoms with E-state index in [4.69, 9.17) is 0 Å². The Bertz CT molecular complexity index is 479. The van der Waals surface area contributed by atoms with Gasteiger partial charge in [-0.05, 0) is 31.5 Å². The largest absolute Gasteiger partial charge is 0.468 e. The molecule has 1 amide bonds. The molecule has 1 N–H and O–H groups in total. The number of ether oxygens (including phenoxy) is 1. The Kier molecular flexibility index (Phi) is 5.82. The van der Waals surface area contributed by atoms with Gasteiger partial charge in [-0.2, -0.15) is 0 Å². The highest BCUT2D eigenvalue weighted by atomic mass is 32.2. The summed E-state index contributed by atoms with van der Waals surface area (Å²) in [4.78, 5) is 22.8. The number of anilines is 1. The van der Waals surface area contributed by atoms with Crippen LogP contribution in [0.5, 0.6) is 0 Å². The van der Waals surface area contributed by atoms with Gasteiger partial charge in [0.2, 0.25) is 5.91 Å². The van der Waals surface area contributed by atoms with Crippen molar-refractivity contribution in [3.05, 3.63) is 29.6 Å². The Hall–Kier alpha value is -1.56. The molecular weight excluding hydrogens is 269 g/mol. The fourth-order valence-electron chi connectivity index (χ4n) is 1.24. The van der Waals surface area contributed by atoms with Crippen molar-refractivity contribution in [3.63, 3.8) is 0 Å². The van der Waals surface area contributed by atoms with E-state index < -0.39 is 5.25 Å². The van der Waals surface area contributed by atoms with E-state index in [9.17, 15) is 14.0 Å². The van der Waals surface area contributed by atoms with Crippen LogP contribution in [0.3, 0.4) is 0 Å². The van der Waals surface area contributed by atoms with Crippen LogP contribution in [0.1, 0.15) is 12.5 Å². The van der Waals surface area contributed by atoms with Crippen LogP contribution in [0.4, 0.5) is 10.1 Å². The first kappa shape index (κ1) is 15.5. The number of aryl methyl sites for hydroxylation is 1. The molecule has 0 saturated carbocycles. The molecule has 0 heterocycles. The summed E-state index contributed by atoms with van der Waals surface area (Å²) in [6, 6.07) is 4.50. The second-order valence-corrected chi connectivity index (χ2v) is 5.31. The predicted molar refractivity (Wildman–Crippen MR) is 73.7 cm³/mol. The number of methoxy groups -OCH3 is 1. The van der Waals surface area contributed by atoms with Crippen molar-refractivity contribution in [1.82, 2.24) is 0 Å². The summed E-state index contributed by atoms with van der Waals surface area (Å²) in [5.41, 5.74) is 0.921. The number of nitrogens with one attached hydrogen (secondary N) is 1. The van der Waals surface area contributed by atoms with Gasteiger partial charge in [0.05, 0.1) is 18.1 Å². The molecule has 0 aliphatic carbocycles. The molecule has 6 heteroatoms. The Balaban J connectivity index is 2.53. The molecule has 1 rings (SSSR count). The van der Waals surface area contributed by atoms with E-state index in [0.717, 1.165) is 11.8 Å². The van der Waals surface area contributed by atoms with Crippen LogP contribution >= 0.6 is 11.8 Å². The molecule has 1 atom stereocenters. The van der Waals surface area contributed by atoms with Crippen LogP contribution in [-0.2, 0) is 14.3 Å². The van der Waals surface area contributed by atoms with Crippen molar-refractivity contribution in [2.75, 3.05) is 18.2 Å². The Labute approximate surface area is 115 Å². The number of esters is 1. The number of rotatable bonds is 5. The summed E-state index contributed by atoms with van der Waals surface area (Å²) in [5, 5.41) is 2.17. The molecular formula is C13H16FNO3S. The summed E-state index contributed by atoms with van der Waals surface area (Å²) in [5.74, 6) is -0.927. The molecule has 0 unspecified atom stereocenters. The first-order valence-corrected chi connectivity index (χ1v) is 6.74. The molecule has 1 aromatic carbocycles. The van der Waals surface area contributed by atoms with Gasteiger partial charge in [-0.1, -0.05) is 6.07 Å². The zero-order valence-corrected chi connectivity index (χ0v) is 11.8. The molecule has 0 spiro atoms. The first-order valence-electron chi connectivity index (χ1n) is 5.69. The maximum Gasteiger partial charge on any atom is 0.315 e. The molecule has 0 aliphatic heterocycles. The normalized spacial score (nSPS) is 11.8. The third-order valence-electron chi connectivity index (χ3n) is 2.49. The maximum atomic E-state index is 13.3. The van der Waals surface area contributed by atoms with Crippen molar-refractivity contribution >= 4 is 29.3 Å². The average molecular weight is 285 g/mol. The standard InChI is InChI=1S/C13H16FNO3S/c1-8-4-5-10(6-11(8)14)15-13(17)9(2)19-7-12(16)18-3/h4-6,9H,7H2,1-3H3,(H,15,17)/t9-/m1/s1. The van der Waals surface area contributed by atoms with Crippen LogP contribution in [-0.4, -0.2) is 30.0 Å². The van der Waals surface area contributed by atoms with E-state index in [-0.39, 0.29) is 23.4 Å². The molecule has 104 valence electrons. The SMILES string of the molecule is COC(=O)CS[C@H](C)C(=O)Nc1ccc(C)c(F)c1. The van der Waals surface area contributed by atoms with Gasteiger partial charge >= 0.3 is 5.97 Å².